The summed E-state index contributed by atoms with van der Waals surface area (Å²) >= 11 is 6.05. The molecule has 0 saturated carbocycles. The van der Waals surface area contributed by atoms with Crippen molar-refractivity contribution in [3.63, 3.8) is 0 Å². The Morgan fingerprint density at radius 2 is 1.53 bits per heavy atom. The number of benzene rings is 3. The number of carbonyl (C=O) groups excluding carboxylic acids is 4. The van der Waals surface area contributed by atoms with Crippen molar-refractivity contribution < 1.29 is 23.9 Å². The topological polar surface area (TPSA) is 92.8 Å². The van der Waals surface area contributed by atoms with Crippen LogP contribution >= 0.6 is 11.6 Å². The number of esters is 1. The van der Waals surface area contributed by atoms with Crippen LogP contribution in [0.15, 0.2) is 72.8 Å². The molecule has 1 aliphatic rings. The van der Waals surface area contributed by atoms with Crippen LogP contribution in [0.1, 0.15) is 36.6 Å². The number of anilines is 1. The largest absolute Gasteiger partial charge is 0.452 e. The highest BCUT2D eigenvalue weighted by Crippen LogP contribution is 2.28. The van der Waals surface area contributed by atoms with E-state index in [4.69, 9.17) is 16.3 Å². The molecule has 160 valence electrons. The molecule has 8 heteroatoms. The SMILES string of the molecule is O=C(COC(=O)c1cccc(N2C(=O)c3ccccc3C2=O)c1)NCc1ccccc1Cl. The van der Waals surface area contributed by atoms with Crippen LogP contribution in [0.3, 0.4) is 0 Å². The highest BCUT2D eigenvalue weighted by atomic mass is 35.5. The summed E-state index contributed by atoms with van der Waals surface area (Å²) in [6, 6.07) is 19.5. The first kappa shape index (κ1) is 21.3. The Labute approximate surface area is 188 Å². The molecule has 1 N–H and O–H groups in total. The average molecular weight is 449 g/mol. The summed E-state index contributed by atoms with van der Waals surface area (Å²) in [5, 5.41) is 3.15. The van der Waals surface area contributed by atoms with Crippen molar-refractivity contribution in [2.45, 2.75) is 6.54 Å². The van der Waals surface area contributed by atoms with Gasteiger partial charge in [-0.05, 0) is 42.0 Å². The molecule has 1 heterocycles. The molecule has 0 fully saturated rings. The van der Waals surface area contributed by atoms with Gasteiger partial charge in [-0.3, -0.25) is 14.4 Å². The number of hydrogen-bond acceptors (Lipinski definition) is 5. The highest BCUT2D eigenvalue weighted by Gasteiger charge is 2.36. The standard InChI is InChI=1S/C24H17ClN2O5/c25-20-11-4-1-6-16(20)13-26-21(28)14-32-24(31)15-7-5-8-17(12-15)27-22(29)18-9-2-3-10-19(18)23(27)30/h1-12H,13-14H2,(H,26,28). The van der Waals surface area contributed by atoms with Gasteiger partial charge in [0.15, 0.2) is 6.61 Å². The van der Waals surface area contributed by atoms with Gasteiger partial charge in [0.25, 0.3) is 17.7 Å². The van der Waals surface area contributed by atoms with E-state index < -0.39 is 30.3 Å². The second kappa shape index (κ2) is 9.03. The predicted molar refractivity (Wildman–Crippen MR) is 118 cm³/mol. The third kappa shape index (κ3) is 4.24. The summed E-state index contributed by atoms with van der Waals surface area (Å²) < 4.78 is 5.07. The van der Waals surface area contributed by atoms with E-state index in [1.807, 2.05) is 0 Å². The van der Waals surface area contributed by atoms with Crippen molar-refractivity contribution in [2.24, 2.45) is 0 Å². The number of rotatable bonds is 6. The normalized spacial score (nSPS) is 12.5. The zero-order valence-electron chi connectivity index (χ0n) is 16.7. The zero-order chi connectivity index (χ0) is 22.7. The first-order chi connectivity index (χ1) is 15.5. The third-order valence-electron chi connectivity index (χ3n) is 4.90. The van der Waals surface area contributed by atoms with E-state index in [0.29, 0.717) is 16.1 Å². The van der Waals surface area contributed by atoms with Gasteiger partial charge in [-0.25, -0.2) is 9.69 Å². The lowest BCUT2D eigenvalue weighted by Gasteiger charge is -2.15. The summed E-state index contributed by atoms with van der Waals surface area (Å²) in [6.45, 7) is -0.286. The van der Waals surface area contributed by atoms with Gasteiger partial charge in [0.05, 0.1) is 22.4 Å². The summed E-state index contributed by atoms with van der Waals surface area (Å²) in [6.07, 6.45) is 0. The monoisotopic (exact) mass is 448 g/mol. The maximum atomic E-state index is 12.6. The van der Waals surface area contributed by atoms with E-state index in [1.54, 1.807) is 54.6 Å². The summed E-state index contributed by atoms with van der Waals surface area (Å²) in [5.41, 5.74) is 1.70. The summed E-state index contributed by atoms with van der Waals surface area (Å²) in [5.74, 6) is -2.17. The molecule has 0 spiro atoms. The number of nitrogens with zero attached hydrogens (tertiary/aromatic N) is 1. The Morgan fingerprint density at radius 3 is 2.22 bits per heavy atom. The van der Waals surface area contributed by atoms with Gasteiger partial charge in [-0.2, -0.15) is 0 Å². The maximum Gasteiger partial charge on any atom is 0.338 e. The van der Waals surface area contributed by atoms with Gasteiger partial charge in [-0.1, -0.05) is 48.0 Å². The van der Waals surface area contributed by atoms with Crippen molar-refractivity contribution in [1.29, 1.82) is 0 Å². The van der Waals surface area contributed by atoms with Gasteiger partial charge >= 0.3 is 5.97 Å². The second-order valence-electron chi connectivity index (χ2n) is 6.99. The Hall–Kier alpha value is -3.97. The van der Waals surface area contributed by atoms with Crippen molar-refractivity contribution in [1.82, 2.24) is 5.32 Å². The van der Waals surface area contributed by atoms with E-state index in [9.17, 15) is 19.2 Å². The van der Waals surface area contributed by atoms with E-state index in [2.05, 4.69) is 5.32 Å². The molecule has 4 rings (SSSR count). The molecule has 0 aliphatic carbocycles. The first-order valence-electron chi connectivity index (χ1n) is 9.71. The lowest BCUT2D eigenvalue weighted by atomic mass is 10.1. The van der Waals surface area contributed by atoms with Crippen LogP contribution in [0.4, 0.5) is 5.69 Å². The molecule has 3 amide bonds. The lowest BCUT2D eigenvalue weighted by Crippen LogP contribution is -2.30. The van der Waals surface area contributed by atoms with Crippen molar-refractivity contribution in [3.05, 3.63) is 100 Å². The number of ether oxygens (including phenoxy) is 1. The molecule has 0 aromatic heterocycles. The van der Waals surface area contributed by atoms with Gasteiger partial charge < -0.3 is 10.1 Å². The molecule has 0 bridgehead atoms. The minimum absolute atomic E-state index is 0.109. The van der Waals surface area contributed by atoms with Gasteiger partial charge in [0.1, 0.15) is 0 Å². The first-order valence-corrected chi connectivity index (χ1v) is 10.1. The fourth-order valence-corrected chi connectivity index (χ4v) is 3.50. The lowest BCUT2D eigenvalue weighted by molar-refractivity contribution is -0.124. The molecule has 3 aromatic rings. The predicted octanol–water partition coefficient (Wildman–Crippen LogP) is 3.61. The van der Waals surface area contributed by atoms with Crippen LogP contribution in [0.25, 0.3) is 0 Å². The molecule has 0 atom stereocenters. The number of nitrogens with one attached hydrogen (secondary N) is 1. The fourth-order valence-electron chi connectivity index (χ4n) is 3.30. The molecular formula is C24H17ClN2O5. The number of halogens is 1. The van der Waals surface area contributed by atoms with Crippen LogP contribution < -0.4 is 10.2 Å². The number of amides is 3. The van der Waals surface area contributed by atoms with Gasteiger partial charge in [0, 0.05) is 11.6 Å². The van der Waals surface area contributed by atoms with Gasteiger partial charge in [0.2, 0.25) is 0 Å². The Kier molecular flexibility index (Phi) is 6.00. The zero-order valence-corrected chi connectivity index (χ0v) is 17.5. The van der Waals surface area contributed by atoms with Crippen LogP contribution in [0.5, 0.6) is 0 Å². The molecule has 32 heavy (non-hydrogen) atoms. The van der Waals surface area contributed by atoms with Crippen LogP contribution in [0.2, 0.25) is 5.02 Å². The third-order valence-corrected chi connectivity index (χ3v) is 5.27. The Morgan fingerprint density at radius 1 is 0.875 bits per heavy atom. The molecular weight excluding hydrogens is 432 g/mol. The highest BCUT2D eigenvalue weighted by molar-refractivity contribution is 6.34. The number of imide groups is 1. The maximum absolute atomic E-state index is 12.6. The van der Waals surface area contributed by atoms with Gasteiger partial charge in [-0.15, -0.1) is 0 Å². The van der Waals surface area contributed by atoms with Crippen molar-refractivity contribution >= 4 is 41.0 Å². The summed E-state index contributed by atoms with van der Waals surface area (Å²) in [4.78, 5) is 50.7. The van der Waals surface area contributed by atoms with E-state index >= 15 is 0 Å². The second-order valence-corrected chi connectivity index (χ2v) is 7.39. The number of fused-ring (bicyclic) bond motifs is 1. The molecule has 0 unspecified atom stereocenters. The molecule has 7 nitrogen and oxygen atoms in total. The Bertz CT molecular complexity index is 1210. The van der Waals surface area contributed by atoms with Crippen LogP contribution in [0, 0.1) is 0 Å². The number of hydrogen-bond donors (Lipinski definition) is 1. The number of carbonyl (C=O) groups is 4. The fraction of sp³-hybridized carbons (Fsp3) is 0.0833. The van der Waals surface area contributed by atoms with Crippen molar-refractivity contribution in [3.8, 4) is 0 Å². The smallest absolute Gasteiger partial charge is 0.338 e. The molecule has 0 saturated heterocycles. The molecule has 0 radical (unpaired) electrons. The van der Waals surface area contributed by atoms with Crippen molar-refractivity contribution in [2.75, 3.05) is 11.5 Å². The van der Waals surface area contributed by atoms with E-state index in [1.165, 1.54) is 18.2 Å². The van der Waals surface area contributed by atoms with E-state index in [-0.39, 0.29) is 17.8 Å². The van der Waals surface area contributed by atoms with E-state index in [0.717, 1.165) is 10.5 Å². The quantitative estimate of drug-likeness (QED) is 0.459. The Balaban J connectivity index is 1.39. The average Bonchev–Trinajstić information content (AvgIpc) is 3.07. The van der Waals surface area contributed by atoms with Crippen LogP contribution in [-0.2, 0) is 16.1 Å². The minimum Gasteiger partial charge on any atom is -0.452 e. The molecule has 3 aromatic carbocycles. The minimum atomic E-state index is -0.753. The summed E-state index contributed by atoms with van der Waals surface area (Å²) in [7, 11) is 0. The molecule has 1 aliphatic heterocycles. The van der Waals surface area contributed by atoms with Crippen LogP contribution in [-0.4, -0.2) is 30.3 Å².